The summed E-state index contributed by atoms with van der Waals surface area (Å²) >= 11 is 0. The van der Waals surface area contributed by atoms with Crippen LogP contribution in [0.3, 0.4) is 0 Å². The SMILES string of the molecule is Cc1cc(Nc2cc(NC(=O)C3(CN)CC3)ncn2)c(=O)n2c1C(=O)NCCOCC2. The molecule has 2 aromatic rings. The zero-order valence-corrected chi connectivity index (χ0v) is 17.2. The number of carbonyl (C=O) groups is 2. The molecule has 3 heterocycles. The Hall–Kier alpha value is -3.31. The molecule has 0 atom stereocenters. The lowest BCUT2D eigenvalue weighted by molar-refractivity contribution is -0.120. The van der Waals surface area contributed by atoms with Crippen molar-refractivity contribution in [2.24, 2.45) is 11.1 Å². The highest BCUT2D eigenvalue weighted by molar-refractivity contribution is 5.97. The van der Waals surface area contributed by atoms with Gasteiger partial charge in [-0.3, -0.25) is 19.0 Å². The van der Waals surface area contributed by atoms with Gasteiger partial charge in [-0.1, -0.05) is 0 Å². The van der Waals surface area contributed by atoms with Crippen LogP contribution in [0.4, 0.5) is 17.3 Å². The van der Waals surface area contributed by atoms with Gasteiger partial charge in [0.15, 0.2) is 0 Å². The number of pyridine rings is 1. The van der Waals surface area contributed by atoms with Crippen LogP contribution in [0, 0.1) is 12.3 Å². The van der Waals surface area contributed by atoms with E-state index in [1.54, 1.807) is 19.1 Å². The van der Waals surface area contributed by atoms with Crippen LogP contribution in [-0.4, -0.2) is 52.7 Å². The molecule has 2 aromatic heterocycles. The van der Waals surface area contributed by atoms with Crippen molar-refractivity contribution in [3.63, 3.8) is 0 Å². The Bertz CT molecular complexity index is 1080. The predicted octanol–water partition coefficient (Wildman–Crippen LogP) is 0.128. The molecule has 0 saturated heterocycles. The van der Waals surface area contributed by atoms with Crippen molar-refractivity contribution in [1.29, 1.82) is 0 Å². The Labute approximate surface area is 178 Å². The zero-order chi connectivity index (χ0) is 22.0. The van der Waals surface area contributed by atoms with Crippen LogP contribution >= 0.6 is 0 Å². The molecule has 11 heteroatoms. The molecule has 164 valence electrons. The summed E-state index contributed by atoms with van der Waals surface area (Å²) in [6.07, 6.45) is 2.81. The number of anilines is 3. The fourth-order valence-electron chi connectivity index (χ4n) is 3.55. The second kappa shape index (κ2) is 8.44. The van der Waals surface area contributed by atoms with Gasteiger partial charge in [-0.25, -0.2) is 9.97 Å². The van der Waals surface area contributed by atoms with E-state index in [0.717, 1.165) is 12.8 Å². The second-order valence-corrected chi connectivity index (χ2v) is 7.77. The fourth-order valence-corrected chi connectivity index (χ4v) is 3.55. The molecule has 31 heavy (non-hydrogen) atoms. The summed E-state index contributed by atoms with van der Waals surface area (Å²) in [5.74, 6) is 0.171. The van der Waals surface area contributed by atoms with E-state index in [1.165, 1.54) is 10.9 Å². The monoisotopic (exact) mass is 427 g/mol. The molecule has 0 aromatic carbocycles. The number of nitrogens with one attached hydrogen (secondary N) is 3. The van der Waals surface area contributed by atoms with Gasteiger partial charge < -0.3 is 26.4 Å². The number of rotatable bonds is 5. The summed E-state index contributed by atoms with van der Waals surface area (Å²) in [7, 11) is 0. The number of carbonyl (C=O) groups excluding carboxylic acids is 2. The summed E-state index contributed by atoms with van der Waals surface area (Å²) in [6.45, 7) is 3.40. The highest BCUT2D eigenvalue weighted by atomic mass is 16.5. The molecule has 11 nitrogen and oxygen atoms in total. The summed E-state index contributed by atoms with van der Waals surface area (Å²) in [5, 5.41) is 8.49. The standard InChI is InChI=1S/C20H25N7O4/c1-12-8-13(18(29)27-5-7-31-6-4-22-17(28)16(12)27)25-14-9-15(24-11-23-14)26-19(30)20(10-21)2-3-20/h8-9,11H,2-7,10,21H2,1H3,(H,22,28)(H2,23,24,25,26,30). The third-order valence-corrected chi connectivity index (χ3v) is 5.58. The van der Waals surface area contributed by atoms with Crippen molar-refractivity contribution in [2.45, 2.75) is 26.3 Å². The maximum absolute atomic E-state index is 13.1. The van der Waals surface area contributed by atoms with Crippen molar-refractivity contribution >= 4 is 29.1 Å². The van der Waals surface area contributed by atoms with E-state index in [4.69, 9.17) is 10.5 Å². The van der Waals surface area contributed by atoms with E-state index >= 15 is 0 Å². The molecule has 0 spiro atoms. The van der Waals surface area contributed by atoms with E-state index in [-0.39, 0.29) is 36.2 Å². The van der Waals surface area contributed by atoms with Gasteiger partial charge in [-0.2, -0.15) is 0 Å². The molecule has 1 fully saturated rings. The molecule has 5 N–H and O–H groups in total. The average Bonchev–Trinajstić information content (AvgIpc) is 3.53. The molecule has 4 rings (SSSR count). The number of hydrogen-bond acceptors (Lipinski definition) is 8. The molecule has 1 aliphatic carbocycles. The lowest BCUT2D eigenvalue weighted by Crippen LogP contribution is -2.34. The number of hydrogen-bond donors (Lipinski definition) is 4. The lowest BCUT2D eigenvalue weighted by Gasteiger charge is -2.16. The smallest absolute Gasteiger partial charge is 0.274 e. The second-order valence-electron chi connectivity index (χ2n) is 7.77. The van der Waals surface area contributed by atoms with E-state index in [0.29, 0.717) is 42.7 Å². The lowest BCUT2D eigenvalue weighted by atomic mass is 10.1. The molecule has 0 bridgehead atoms. The molecular weight excluding hydrogens is 402 g/mol. The van der Waals surface area contributed by atoms with E-state index in [1.807, 2.05) is 0 Å². The van der Waals surface area contributed by atoms with Crippen LogP contribution in [0.15, 0.2) is 23.3 Å². The molecule has 2 amide bonds. The minimum absolute atomic E-state index is 0.168. The summed E-state index contributed by atoms with van der Waals surface area (Å²) in [5.41, 5.74) is 6.03. The van der Waals surface area contributed by atoms with Crippen LogP contribution < -0.4 is 27.2 Å². The van der Waals surface area contributed by atoms with Crippen molar-refractivity contribution in [2.75, 3.05) is 36.9 Å². The van der Waals surface area contributed by atoms with Crippen molar-refractivity contribution < 1.29 is 14.3 Å². The quantitative estimate of drug-likeness (QED) is 0.525. The van der Waals surface area contributed by atoms with Gasteiger partial charge >= 0.3 is 0 Å². The number of fused-ring (bicyclic) bond motifs is 1. The Morgan fingerprint density at radius 2 is 2.03 bits per heavy atom. The number of amides is 2. The first kappa shape index (κ1) is 20.9. The number of aromatic nitrogens is 3. The molecule has 0 unspecified atom stereocenters. The van der Waals surface area contributed by atoms with Crippen LogP contribution in [0.25, 0.3) is 0 Å². The molecule has 1 saturated carbocycles. The van der Waals surface area contributed by atoms with Gasteiger partial charge in [-0.15, -0.1) is 0 Å². The van der Waals surface area contributed by atoms with Gasteiger partial charge in [0.1, 0.15) is 29.3 Å². The third-order valence-electron chi connectivity index (χ3n) is 5.58. The van der Waals surface area contributed by atoms with E-state index in [2.05, 4.69) is 25.9 Å². The van der Waals surface area contributed by atoms with E-state index in [9.17, 15) is 14.4 Å². The Morgan fingerprint density at radius 1 is 1.26 bits per heavy atom. The number of nitrogens with two attached hydrogens (primary N) is 1. The van der Waals surface area contributed by atoms with Crippen LogP contribution in [-0.2, 0) is 16.1 Å². The first-order valence-electron chi connectivity index (χ1n) is 10.1. The zero-order valence-electron chi connectivity index (χ0n) is 17.2. The summed E-state index contributed by atoms with van der Waals surface area (Å²) in [6, 6.07) is 3.15. The Morgan fingerprint density at radius 3 is 2.77 bits per heavy atom. The van der Waals surface area contributed by atoms with Crippen molar-refractivity contribution in [3.8, 4) is 0 Å². The first-order chi connectivity index (χ1) is 14.9. The van der Waals surface area contributed by atoms with Gasteiger partial charge in [0.25, 0.3) is 11.5 Å². The number of ether oxygens (including phenoxy) is 1. The van der Waals surface area contributed by atoms with Gasteiger partial charge in [0.2, 0.25) is 5.91 Å². The topological polar surface area (TPSA) is 153 Å². The average molecular weight is 427 g/mol. The molecule has 1 aliphatic heterocycles. The highest BCUT2D eigenvalue weighted by Gasteiger charge is 2.48. The summed E-state index contributed by atoms with van der Waals surface area (Å²) in [4.78, 5) is 46.2. The highest BCUT2D eigenvalue weighted by Crippen LogP contribution is 2.45. The van der Waals surface area contributed by atoms with Crippen molar-refractivity contribution in [3.05, 3.63) is 40.1 Å². The molecular formula is C20H25N7O4. The van der Waals surface area contributed by atoms with Crippen LogP contribution in [0.5, 0.6) is 0 Å². The normalized spacial score (nSPS) is 17.4. The maximum atomic E-state index is 13.1. The minimum atomic E-state index is -0.508. The summed E-state index contributed by atoms with van der Waals surface area (Å²) < 4.78 is 6.85. The van der Waals surface area contributed by atoms with E-state index < -0.39 is 5.41 Å². The minimum Gasteiger partial charge on any atom is -0.378 e. The third kappa shape index (κ3) is 4.28. The van der Waals surface area contributed by atoms with Crippen molar-refractivity contribution in [1.82, 2.24) is 19.9 Å². The number of nitrogens with zero attached hydrogens (tertiary/aromatic N) is 3. The van der Waals surface area contributed by atoms with Gasteiger partial charge in [0.05, 0.1) is 18.6 Å². The molecule has 0 radical (unpaired) electrons. The fraction of sp³-hybridized carbons (Fsp3) is 0.450. The molecule has 2 aliphatic rings. The van der Waals surface area contributed by atoms with Crippen LogP contribution in [0.1, 0.15) is 28.9 Å². The maximum Gasteiger partial charge on any atom is 0.274 e. The largest absolute Gasteiger partial charge is 0.378 e. The van der Waals surface area contributed by atoms with Crippen LogP contribution in [0.2, 0.25) is 0 Å². The Kier molecular flexibility index (Phi) is 5.70. The van der Waals surface area contributed by atoms with Gasteiger partial charge in [0, 0.05) is 25.7 Å². The first-order valence-corrected chi connectivity index (χ1v) is 10.1. The number of aryl methyl sites for hydroxylation is 1. The Balaban J connectivity index is 1.60. The van der Waals surface area contributed by atoms with Gasteiger partial charge in [-0.05, 0) is 31.4 Å². The predicted molar refractivity (Wildman–Crippen MR) is 113 cm³/mol.